The normalized spacial score (nSPS) is 17.5. The lowest BCUT2D eigenvalue weighted by molar-refractivity contribution is 0.0985. The van der Waals surface area contributed by atoms with Crippen molar-refractivity contribution in [3.8, 4) is 0 Å². The molecular weight excluding hydrogens is 460 g/mol. The van der Waals surface area contributed by atoms with Crippen molar-refractivity contribution in [3.63, 3.8) is 0 Å². The topological polar surface area (TPSA) is 91.8 Å². The minimum atomic E-state index is -3.69. The molecular formula is C21H23ClN2O5S2. The molecule has 2 aromatic rings. The number of halogens is 1. The van der Waals surface area contributed by atoms with Crippen molar-refractivity contribution in [3.05, 3.63) is 52.5 Å². The molecule has 0 radical (unpaired) electrons. The van der Waals surface area contributed by atoms with E-state index in [2.05, 4.69) is 0 Å². The third-order valence-corrected chi connectivity index (χ3v) is 9.05. The molecule has 2 aromatic carbocycles. The third kappa shape index (κ3) is 4.24. The average Bonchev–Trinajstić information content (AvgIpc) is 3.28. The number of fused-ring (bicyclic) bond motifs is 1. The second kappa shape index (κ2) is 8.20. The molecule has 0 saturated carbocycles. The fourth-order valence-electron chi connectivity index (χ4n) is 4.07. The summed E-state index contributed by atoms with van der Waals surface area (Å²) in [4.78, 5) is 15.2. The fourth-order valence-corrected chi connectivity index (χ4v) is 6.48. The number of anilines is 1. The van der Waals surface area contributed by atoms with E-state index in [1.54, 1.807) is 17.0 Å². The predicted molar refractivity (Wildman–Crippen MR) is 119 cm³/mol. The van der Waals surface area contributed by atoms with Crippen LogP contribution in [0.3, 0.4) is 0 Å². The Morgan fingerprint density at radius 1 is 0.903 bits per heavy atom. The van der Waals surface area contributed by atoms with E-state index in [-0.39, 0.29) is 20.4 Å². The van der Waals surface area contributed by atoms with Crippen molar-refractivity contribution in [2.75, 3.05) is 30.8 Å². The largest absolute Gasteiger partial charge is 0.308 e. The molecule has 4 rings (SSSR count). The van der Waals surface area contributed by atoms with Crippen molar-refractivity contribution in [2.24, 2.45) is 0 Å². The molecule has 166 valence electrons. The standard InChI is InChI=1S/C21H23ClN2O5S2/c1-30(26,27)16-7-9-20-15(13-16)5-4-12-24(20)21(25)18-14-17(6-8-19(18)22)31(28,29)23-10-2-3-11-23/h6-9,13-14H,2-5,10-12H2,1H3. The Hall–Kier alpha value is -1.94. The van der Waals surface area contributed by atoms with Crippen LogP contribution in [-0.4, -0.2) is 52.9 Å². The Morgan fingerprint density at radius 2 is 1.58 bits per heavy atom. The molecule has 1 amide bonds. The van der Waals surface area contributed by atoms with Gasteiger partial charge in [-0.15, -0.1) is 0 Å². The van der Waals surface area contributed by atoms with E-state index in [9.17, 15) is 21.6 Å². The van der Waals surface area contributed by atoms with Gasteiger partial charge in [0.05, 0.1) is 20.4 Å². The number of carbonyl (C=O) groups excluding carboxylic acids is 1. The Kier molecular flexibility index (Phi) is 5.89. The van der Waals surface area contributed by atoms with Gasteiger partial charge in [0.2, 0.25) is 10.0 Å². The van der Waals surface area contributed by atoms with Crippen LogP contribution in [0.5, 0.6) is 0 Å². The molecule has 2 aliphatic rings. The maximum Gasteiger partial charge on any atom is 0.259 e. The quantitative estimate of drug-likeness (QED) is 0.667. The summed E-state index contributed by atoms with van der Waals surface area (Å²) in [7, 11) is -7.05. The van der Waals surface area contributed by atoms with Gasteiger partial charge in [-0.2, -0.15) is 4.31 Å². The molecule has 0 aromatic heterocycles. The summed E-state index contributed by atoms with van der Waals surface area (Å²) in [5, 5.41) is 0.172. The molecule has 2 heterocycles. The highest BCUT2D eigenvalue weighted by Gasteiger charge is 2.30. The summed E-state index contributed by atoms with van der Waals surface area (Å²) >= 11 is 6.30. The van der Waals surface area contributed by atoms with E-state index in [4.69, 9.17) is 11.6 Å². The zero-order valence-corrected chi connectivity index (χ0v) is 19.4. The zero-order chi connectivity index (χ0) is 22.4. The van der Waals surface area contributed by atoms with Crippen LogP contribution in [0.15, 0.2) is 46.2 Å². The molecule has 1 saturated heterocycles. The average molecular weight is 483 g/mol. The van der Waals surface area contributed by atoms with Crippen LogP contribution in [0.1, 0.15) is 35.2 Å². The zero-order valence-electron chi connectivity index (χ0n) is 17.0. The van der Waals surface area contributed by atoms with Gasteiger partial charge in [0.1, 0.15) is 0 Å². The van der Waals surface area contributed by atoms with E-state index >= 15 is 0 Å². The highest BCUT2D eigenvalue weighted by molar-refractivity contribution is 7.90. The van der Waals surface area contributed by atoms with Gasteiger partial charge in [-0.25, -0.2) is 16.8 Å². The smallest absolute Gasteiger partial charge is 0.259 e. The first-order valence-electron chi connectivity index (χ1n) is 10.0. The van der Waals surface area contributed by atoms with Gasteiger partial charge < -0.3 is 4.90 Å². The van der Waals surface area contributed by atoms with Crippen molar-refractivity contribution < 1.29 is 21.6 Å². The minimum Gasteiger partial charge on any atom is -0.308 e. The number of aryl methyl sites for hydroxylation is 1. The van der Waals surface area contributed by atoms with Gasteiger partial charge in [-0.05, 0) is 67.6 Å². The van der Waals surface area contributed by atoms with Crippen LogP contribution >= 0.6 is 11.6 Å². The number of benzene rings is 2. The van der Waals surface area contributed by atoms with Gasteiger partial charge >= 0.3 is 0 Å². The predicted octanol–water partition coefficient (Wildman–Crippen LogP) is 3.12. The van der Waals surface area contributed by atoms with Gasteiger partial charge in [0.25, 0.3) is 5.91 Å². The first kappa shape index (κ1) is 22.3. The highest BCUT2D eigenvalue weighted by Crippen LogP contribution is 2.33. The lowest BCUT2D eigenvalue weighted by Crippen LogP contribution is -2.36. The first-order valence-corrected chi connectivity index (χ1v) is 13.7. The molecule has 31 heavy (non-hydrogen) atoms. The van der Waals surface area contributed by atoms with Gasteiger partial charge in [0.15, 0.2) is 9.84 Å². The van der Waals surface area contributed by atoms with E-state index in [0.717, 1.165) is 24.7 Å². The lowest BCUT2D eigenvalue weighted by atomic mass is 10.0. The van der Waals surface area contributed by atoms with Crippen LogP contribution in [0.4, 0.5) is 5.69 Å². The van der Waals surface area contributed by atoms with Gasteiger partial charge in [-0.1, -0.05) is 11.6 Å². The second-order valence-electron chi connectivity index (χ2n) is 7.88. The third-order valence-electron chi connectivity index (χ3n) is 5.71. The molecule has 0 aliphatic carbocycles. The number of hydrogen-bond donors (Lipinski definition) is 0. The number of rotatable bonds is 4. The first-order chi connectivity index (χ1) is 14.6. The molecule has 10 heteroatoms. The molecule has 0 spiro atoms. The molecule has 0 unspecified atom stereocenters. The Bertz CT molecular complexity index is 1250. The number of carbonyl (C=O) groups is 1. The minimum absolute atomic E-state index is 0.0480. The van der Waals surface area contributed by atoms with Crippen LogP contribution in [0.2, 0.25) is 5.02 Å². The fraction of sp³-hybridized carbons (Fsp3) is 0.381. The molecule has 2 aliphatic heterocycles. The molecule has 0 bridgehead atoms. The Labute approximate surface area is 187 Å². The number of amides is 1. The summed E-state index contributed by atoms with van der Waals surface area (Å²) in [5.41, 5.74) is 1.49. The van der Waals surface area contributed by atoms with Crippen molar-refractivity contribution >= 4 is 43.1 Å². The van der Waals surface area contributed by atoms with Crippen molar-refractivity contribution in [1.82, 2.24) is 4.31 Å². The SMILES string of the molecule is CS(=O)(=O)c1ccc2c(c1)CCCN2C(=O)c1cc(S(=O)(=O)N2CCCC2)ccc1Cl. The monoisotopic (exact) mass is 482 g/mol. The molecule has 1 fully saturated rings. The van der Waals surface area contributed by atoms with E-state index in [0.29, 0.717) is 38.2 Å². The summed E-state index contributed by atoms with van der Waals surface area (Å²) in [6, 6.07) is 8.92. The van der Waals surface area contributed by atoms with E-state index < -0.39 is 25.8 Å². The lowest BCUT2D eigenvalue weighted by Gasteiger charge is -2.30. The number of hydrogen-bond acceptors (Lipinski definition) is 5. The molecule has 0 atom stereocenters. The summed E-state index contributed by atoms with van der Waals surface area (Å²) in [6.07, 6.45) is 4.10. The van der Waals surface area contributed by atoms with Crippen molar-refractivity contribution in [1.29, 1.82) is 0 Å². The van der Waals surface area contributed by atoms with Crippen LogP contribution in [0.25, 0.3) is 0 Å². The maximum atomic E-state index is 13.4. The van der Waals surface area contributed by atoms with Gasteiger partial charge in [-0.3, -0.25) is 4.79 Å². The Morgan fingerprint density at radius 3 is 2.26 bits per heavy atom. The van der Waals surface area contributed by atoms with E-state index in [1.165, 1.54) is 28.6 Å². The summed E-state index contributed by atoms with van der Waals surface area (Å²) < 4.78 is 51.0. The second-order valence-corrected chi connectivity index (χ2v) is 12.2. The highest BCUT2D eigenvalue weighted by atomic mass is 35.5. The van der Waals surface area contributed by atoms with Crippen molar-refractivity contribution in [2.45, 2.75) is 35.5 Å². The Balaban J connectivity index is 1.71. The van der Waals surface area contributed by atoms with Crippen LogP contribution in [0, 0.1) is 0 Å². The maximum absolute atomic E-state index is 13.4. The van der Waals surface area contributed by atoms with Crippen LogP contribution in [-0.2, 0) is 26.3 Å². The number of nitrogens with zero attached hydrogens (tertiary/aromatic N) is 2. The van der Waals surface area contributed by atoms with Gasteiger partial charge in [0, 0.05) is 31.6 Å². The summed E-state index contributed by atoms with van der Waals surface area (Å²) in [6.45, 7) is 1.37. The van der Waals surface area contributed by atoms with Crippen LogP contribution < -0.4 is 4.90 Å². The van der Waals surface area contributed by atoms with E-state index in [1.807, 2.05) is 0 Å². The number of sulfonamides is 1. The molecule has 7 nitrogen and oxygen atoms in total. The number of sulfone groups is 1. The summed E-state index contributed by atoms with van der Waals surface area (Å²) in [5.74, 6) is -0.406. The molecule has 0 N–H and O–H groups in total.